The Morgan fingerprint density at radius 1 is 1.33 bits per heavy atom. The maximum absolute atomic E-state index is 12.5. The van der Waals surface area contributed by atoms with Gasteiger partial charge in [-0.2, -0.15) is 0 Å². The van der Waals surface area contributed by atoms with Crippen molar-refractivity contribution in [1.82, 2.24) is 0 Å². The molecule has 0 spiro atoms. The lowest BCUT2D eigenvalue weighted by Crippen LogP contribution is -2.38. The van der Waals surface area contributed by atoms with Crippen LogP contribution in [0.4, 0.5) is 8.78 Å². The quantitative estimate of drug-likeness (QED) is 0.742. The van der Waals surface area contributed by atoms with Gasteiger partial charge in [-0.25, -0.2) is 8.78 Å². The number of carbonyl (C=O) groups excluding carboxylic acids is 1. The molecule has 0 aliphatic rings. The number of rotatable bonds is 4. The Kier molecular flexibility index (Phi) is 4.65. The number of alkyl halides is 2. The minimum Gasteiger partial charge on any atom is -0.459 e. The minimum atomic E-state index is -2.79. The summed E-state index contributed by atoms with van der Waals surface area (Å²) in [4.78, 5) is 11.3. The van der Waals surface area contributed by atoms with Gasteiger partial charge in [-0.1, -0.05) is 0 Å². The van der Waals surface area contributed by atoms with E-state index in [1.165, 1.54) is 0 Å². The highest BCUT2D eigenvalue weighted by Gasteiger charge is 2.27. The molecule has 0 saturated carbocycles. The van der Waals surface area contributed by atoms with E-state index >= 15 is 0 Å². The van der Waals surface area contributed by atoms with Crippen LogP contribution < -0.4 is 5.73 Å². The lowest BCUT2D eigenvalue weighted by atomic mass is 10.1. The topological polar surface area (TPSA) is 52.3 Å². The van der Waals surface area contributed by atoms with Crippen LogP contribution in [-0.2, 0) is 9.53 Å². The van der Waals surface area contributed by atoms with Crippen LogP contribution in [0.15, 0.2) is 0 Å². The van der Waals surface area contributed by atoms with Crippen molar-refractivity contribution < 1.29 is 18.3 Å². The Balaban J connectivity index is 4.01. The second kappa shape index (κ2) is 4.88. The molecule has 0 aliphatic carbocycles. The predicted octanol–water partition coefficient (Wildman–Crippen LogP) is 2.09. The molecular weight excluding hydrogens is 204 g/mol. The summed E-state index contributed by atoms with van der Waals surface area (Å²) >= 11 is 0. The van der Waals surface area contributed by atoms with E-state index in [-0.39, 0.29) is 6.42 Å². The normalized spacial score (nSPS) is 14.9. The molecule has 5 heteroatoms. The lowest BCUT2D eigenvalue weighted by molar-refractivity contribution is -0.156. The molecule has 15 heavy (non-hydrogen) atoms. The molecule has 0 amide bonds. The van der Waals surface area contributed by atoms with Gasteiger partial charge in [0.1, 0.15) is 11.6 Å². The van der Waals surface area contributed by atoms with E-state index in [1.807, 2.05) is 0 Å². The summed E-state index contributed by atoms with van der Waals surface area (Å²) in [5.74, 6) is -3.42. The fraction of sp³-hybridized carbons (Fsp3) is 0.900. The van der Waals surface area contributed by atoms with Crippen molar-refractivity contribution in [3.63, 3.8) is 0 Å². The maximum atomic E-state index is 12.5. The molecule has 0 heterocycles. The molecule has 1 unspecified atom stereocenters. The number of hydrogen-bond acceptors (Lipinski definition) is 3. The Morgan fingerprint density at radius 3 is 2.13 bits per heavy atom. The SMILES string of the molecule is CC(F)(F)CCC(N)C(=O)OC(C)(C)C. The summed E-state index contributed by atoms with van der Waals surface area (Å²) in [5, 5.41) is 0. The lowest BCUT2D eigenvalue weighted by Gasteiger charge is -2.22. The second-order valence-corrected chi connectivity index (χ2v) is 4.75. The van der Waals surface area contributed by atoms with Crippen LogP contribution in [0.1, 0.15) is 40.5 Å². The van der Waals surface area contributed by atoms with Crippen LogP contribution in [0.25, 0.3) is 0 Å². The monoisotopic (exact) mass is 223 g/mol. The van der Waals surface area contributed by atoms with Crippen molar-refractivity contribution in [2.24, 2.45) is 5.73 Å². The zero-order valence-corrected chi connectivity index (χ0v) is 9.64. The third kappa shape index (κ3) is 8.30. The first-order valence-corrected chi connectivity index (χ1v) is 4.87. The largest absolute Gasteiger partial charge is 0.459 e. The Labute approximate surface area is 89.0 Å². The standard InChI is InChI=1S/C10H19F2NO2/c1-9(2,3)15-8(14)7(13)5-6-10(4,11)12/h7H,5-6,13H2,1-4H3. The molecule has 2 N–H and O–H groups in total. The molecule has 1 atom stereocenters. The summed E-state index contributed by atoms with van der Waals surface area (Å²) in [6.07, 6.45) is -0.480. The van der Waals surface area contributed by atoms with Crippen molar-refractivity contribution in [3.8, 4) is 0 Å². The van der Waals surface area contributed by atoms with Gasteiger partial charge in [-0.3, -0.25) is 4.79 Å². The van der Waals surface area contributed by atoms with E-state index in [4.69, 9.17) is 10.5 Å². The molecule has 0 aliphatic heterocycles. The zero-order valence-electron chi connectivity index (χ0n) is 9.64. The van der Waals surface area contributed by atoms with Gasteiger partial charge in [-0.05, 0) is 34.1 Å². The van der Waals surface area contributed by atoms with Gasteiger partial charge >= 0.3 is 5.97 Å². The first kappa shape index (κ1) is 14.3. The molecule has 0 bridgehead atoms. The third-order valence-corrected chi connectivity index (χ3v) is 1.60. The smallest absolute Gasteiger partial charge is 0.323 e. The fourth-order valence-electron chi connectivity index (χ4n) is 0.904. The maximum Gasteiger partial charge on any atom is 0.323 e. The molecular formula is C10H19F2NO2. The molecule has 0 fully saturated rings. The van der Waals surface area contributed by atoms with Crippen LogP contribution in [0.3, 0.4) is 0 Å². The molecule has 0 saturated heterocycles. The summed E-state index contributed by atoms with van der Waals surface area (Å²) < 4.78 is 29.9. The zero-order chi connectivity index (χ0) is 12.3. The predicted molar refractivity (Wildman–Crippen MR) is 53.7 cm³/mol. The number of ether oxygens (including phenoxy) is 1. The highest BCUT2D eigenvalue weighted by molar-refractivity contribution is 5.75. The first-order chi connectivity index (χ1) is 6.51. The molecule has 90 valence electrons. The Hall–Kier alpha value is -0.710. The van der Waals surface area contributed by atoms with Gasteiger partial charge in [0.2, 0.25) is 5.92 Å². The number of halogens is 2. The van der Waals surface area contributed by atoms with Gasteiger partial charge in [0.05, 0.1) is 0 Å². The highest BCUT2D eigenvalue weighted by Crippen LogP contribution is 2.20. The number of hydrogen-bond donors (Lipinski definition) is 1. The van der Waals surface area contributed by atoms with Crippen LogP contribution in [0.2, 0.25) is 0 Å². The van der Waals surface area contributed by atoms with Crippen LogP contribution >= 0.6 is 0 Å². The molecule has 0 aromatic rings. The van der Waals surface area contributed by atoms with Crippen molar-refractivity contribution in [1.29, 1.82) is 0 Å². The van der Waals surface area contributed by atoms with E-state index in [2.05, 4.69) is 0 Å². The number of esters is 1. The summed E-state index contributed by atoms with van der Waals surface area (Å²) in [7, 11) is 0. The number of nitrogens with two attached hydrogens (primary N) is 1. The van der Waals surface area contributed by atoms with Crippen molar-refractivity contribution in [3.05, 3.63) is 0 Å². The molecule has 0 aromatic heterocycles. The van der Waals surface area contributed by atoms with Crippen molar-refractivity contribution in [2.45, 2.75) is 58.1 Å². The Bertz CT molecular complexity index is 218. The van der Waals surface area contributed by atoms with E-state index in [0.29, 0.717) is 0 Å². The van der Waals surface area contributed by atoms with Crippen molar-refractivity contribution in [2.75, 3.05) is 0 Å². The summed E-state index contributed by atoms with van der Waals surface area (Å²) in [6, 6.07) is -0.977. The second-order valence-electron chi connectivity index (χ2n) is 4.75. The van der Waals surface area contributed by atoms with Crippen LogP contribution in [0.5, 0.6) is 0 Å². The van der Waals surface area contributed by atoms with E-state index in [1.54, 1.807) is 20.8 Å². The molecule has 0 aromatic carbocycles. The molecule has 0 rings (SSSR count). The molecule has 0 radical (unpaired) electrons. The average Bonchev–Trinajstić information content (AvgIpc) is 1.95. The van der Waals surface area contributed by atoms with Gasteiger partial charge in [0.25, 0.3) is 0 Å². The average molecular weight is 223 g/mol. The minimum absolute atomic E-state index is 0.0710. The van der Waals surface area contributed by atoms with Gasteiger partial charge < -0.3 is 10.5 Å². The van der Waals surface area contributed by atoms with Crippen LogP contribution in [0, 0.1) is 0 Å². The van der Waals surface area contributed by atoms with Crippen LogP contribution in [-0.4, -0.2) is 23.5 Å². The summed E-state index contributed by atoms with van der Waals surface area (Å²) in [5.41, 5.74) is 4.79. The van der Waals surface area contributed by atoms with Gasteiger partial charge in [0, 0.05) is 6.42 Å². The van der Waals surface area contributed by atoms with E-state index in [9.17, 15) is 13.6 Å². The number of carbonyl (C=O) groups is 1. The summed E-state index contributed by atoms with van der Waals surface area (Å²) in [6.45, 7) is 5.90. The van der Waals surface area contributed by atoms with Gasteiger partial charge in [-0.15, -0.1) is 0 Å². The first-order valence-electron chi connectivity index (χ1n) is 4.87. The Morgan fingerprint density at radius 2 is 1.80 bits per heavy atom. The third-order valence-electron chi connectivity index (χ3n) is 1.60. The van der Waals surface area contributed by atoms with E-state index in [0.717, 1.165) is 6.92 Å². The molecule has 3 nitrogen and oxygen atoms in total. The van der Waals surface area contributed by atoms with E-state index < -0.39 is 30.0 Å². The fourth-order valence-corrected chi connectivity index (χ4v) is 0.904. The highest BCUT2D eigenvalue weighted by atomic mass is 19.3. The van der Waals surface area contributed by atoms with Crippen molar-refractivity contribution >= 4 is 5.97 Å². The van der Waals surface area contributed by atoms with Gasteiger partial charge in [0.15, 0.2) is 0 Å².